The van der Waals surface area contributed by atoms with Crippen LogP contribution in [0.2, 0.25) is 0 Å². The third-order valence-corrected chi connectivity index (χ3v) is 3.86. The van der Waals surface area contributed by atoms with Gasteiger partial charge in [0.15, 0.2) is 5.16 Å². The van der Waals surface area contributed by atoms with Crippen LogP contribution >= 0.6 is 11.8 Å². The Balaban J connectivity index is 2.17. The van der Waals surface area contributed by atoms with Crippen LogP contribution in [0.4, 0.5) is 4.39 Å². The lowest BCUT2D eigenvalue weighted by Gasteiger charge is -2.06. The number of halogens is 1. The van der Waals surface area contributed by atoms with Gasteiger partial charge in [-0.2, -0.15) is 5.26 Å². The fourth-order valence-corrected chi connectivity index (χ4v) is 2.81. The molecule has 2 rings (SSSR count). The highest BCUT2D eigenvalue weighted by Gasteiger charge is 2.12. The van der Waals surface area contributed by atoms with Crippen molar-refractivity contribution >= 4 is 11.8 Å². The topological polar surface area (TPSA) is 80.5 Å². The summed E-state index contributed by atoms with van der Waals surface area (Å²) in [5.74, 6) is 0.634. The standard InChI is InChI=1S/C13H14FN5S/c1-2-19-11(7-16)17-18-13(19)20-8-10-5-3-4-9(6-15)12(10)14/h3-5H,2,7-8,16H2,1H3. The van der Waals surface area contributed by atoms with E-state index in [-0.39, 0.29) is 5.56 Å². The van der Waals surface area contributed by atoms with Crippen molar-refractivity contribution in [2.45, 2.75) is 30.9 Å². The summed E-state index contributed by atoms with van der Waals surface area (Å²) < 4.78 is 15.8. The first-order chi connectivity index (χ1) is 9.71. The van der Waals surface area contributed by atoms with Gasteiger partial charge in [-0.3, -0.25) is 0 Å². The van der Waals surface area contributed by atoms with Gasteiger partial charge >= 0.3 is 0 Å². The largest absolute Gasteiger partial charge is 0.324 e. The van der Waals surface area contributed by atoms with Gasteiger partial charge in [0.05, 0.1) is 12.1 Å². The third-order valence-electron chi connectivity index (χ3n) is 2.85. The molecule has 0 saturated carbocycles. The van der Waals surface area contributed by atoms with Gasteiger partial charge < -0.3 is 10.3 Å². The number of hydrogen-bond acceptors (Lipinski definition) is 5. The van der Waals surface area contributed by atoms with E-state index in [1.807, 2.05) is 17.6 Å². The molecule has 104 valence electrons. The summed E-state index contributed by atoms with van der Waals surface area (Å²) in [6, 6.07) is 6.64. The van der Waals surface area contributed by atoms with E-state index in [0.717, 1.165) is 0 Å². The molecule has 2 aromatic rings. The number of nitrogens with two attached hydrogens (primary N) is 1. The summed E-state index contributed by atoms with van der Waals surface area (Å²) in [6.45, 7) is 3.01. The molecule has 0 aliphatic carbocycles. The number of nitriles is 1. The minimum atomic E-state index is -0.468. The molecule has 2 N–H and O–H groups in total. The van der Waals surface area contributed by atoms with Gasteiger partial charge in [-0.1, -0.05) is 23.9 Å². The summed E-state index contributed by atoms with van der Waals surface area (Å²) in [4.78, 5) is 0. The van der Waals surface area contributed by atoms with Crippen LogP contribution in [0.5, 0.6) is 0 Å². The molecule has 7 heteroatoms. The highest BCUT2D eigenvalue weighted by molar-refractivity contribution is 7.98. The van der Waals surface area contributed by atoms with Crippen molar-refractivity contribution in [1.29, 1.82) is 5.26 Å². The minimum absolute atomic E-state index is 0.0581. The summed E-state index contributed by atoms with van der Waals surface area (Å²) >= 11 is 1.38. The van der Waals surface area contributed by atoms with Crippen LogP contribution < -0.4 is 5.73 Å². The van der Waals surface area contributed by atoms with Crippen LogP contribution in [-0.2, 0) is 18.8 Å². The molecule has 5 nitrogen and oxygen atoms in total. The first-order valence-electron chi connectivity index (χ1n) is 6.13. The molecule has 0 fully saturated rings. The zero-order valence-corrected chi connectivity index (χ0v) is 11.8. The molecule has 1 aromatic carbocycles. The van der Waals surface area contributed by atoms with Crippen LogP contribution in [0.3, 0.4) is 0 Å². The Labute approximate surface area is 120 Å². The van der Waals surface area contributed by atoms with E-state index in [9.17, 15) is 4.39 Å². The maximum absolute atomic E-state index is 13.9. The average molecular weight is 291 g/mol. The van der Waals surface area contributed by atoms with E-state index in [1.54, 1.807) is 12.1 Å². The predicted octanol–water partition coefficient (Wildman–Crippen LogP) is 2.06. The molecule has 0 bridgehead atoms. The molecule has 0 aliphatic rings. The van der Waals surface area contributed by atoms with Crippen LogP contribution in [-0.4, -0.2) is 14.8 Å². The maximum atomic E-state index is 13.9. The third kappa shape index (κ3) is 2.81. The average Bonchev–Trinajstić information content (AvgIpc) is 2.88. The van der Waals surface area contributed by atoms with Gasteiger partial charge in [0.25, 0.3) is 0 Å². The molecule has 0 amide bonds. The van der Waals surface area contributed by atoms with E-state index in [4.69, 9.17) is 11.0 Å². The van der Waals surface area contributed by atoms with E-state index in [1.165, 1.54) is 17.8 Å². The van der Waals surface area contributed by atoms with Gasteiger partial charge in [0, 0.05) is 12.3 Å². The lowest BCUT2D eigenvalue weighted by Crippen LogP contribution is -2.08. The zero-order valence-electron chi connectivity index (χ0n) is 11.0. The first-order valence-corrected chi connectivity index (χ1v) is 7.12. The second-order valence-electron chi connectivity index (χ2n) is 4.03. The first kappa shape index (κ1) is 14.5. The second kappa shape index (κ2) is 6.50. The Morgan fingerprint density at radius 1 is 1.45 bits per heavy atom. The smallest absolute Gasteiger partial charge is 0.191 e. The monoisotopic (exact) mass is 291 g/mol. The zero-order chi connectivity index (χ0) is 14.5. The van der Waals surface area contributed by atoms with Crippen molar-refractivity contribution in [1.82, 2.24) is 14.8 Å². The Bertz CT molecular complexity index is 647. The molecular formula is C13H14FN5S. The lowest BCUT2D eigenvalue weighted by atomic mass is 10.1. The molecule has 0 saturated heterocycles. The van der Waals surface area contributed by atoms with Crippen molar-refractivity contribution in [3.8, 4) is 6.07 Å². The Morgan fingerprint density at radius 3 is 2.90 bits per heavy atom. The van der Waals surface area contributed by atoms with Gasteiger partial charge in [-0.25, -0.2) is 4.39 Å². The highest BCUT2D eigenvalue weighted by atomic mass is 32.2. The minimum Gasteiger partial charge on any atom is -0.324 e. The normalized spacial score (nSPS) is 10.5. The summed E-state index contributed by atoms with van der Waals surface area (Å²) in [5, 5.41) is 17.6. The summed E-state index contributed by atoms with van der Waals surface area (Å²) in [6.07, 6.45) is 0. The molecule has 0 unspecified atom stereocenters. The Kier molecular flexibility index (Phi) is 4.71. The molecule has 0 spiro atoms. The SMILES string of the molecule is CCn1c(CN)nnc1SCc1cccc(C#N)c1F. The Hall–Kier alpha value is -1.91. The molecule has 1 heterocycles. The second-order valence-corrected chi connectivity index (χ2v) is 4.97. The van der Waals surface area contributed by atoms with E-state index >= 15 is 0 Å². The van der Waals surface area contributed by atoms with Crippen molar-refractivity contribution in [3.05, 3.63) is 41.0 Å². The van der Waals surface area contributed by atoms with Crippen LogP contribution in [0.15, 0.2) is 23.4 Å². The van der Waals surface area contributed by atoms with E-state index in [0.29, 0.717) is 35.4 Å². The number of hydrogen-bond donors (Lipinski definition) is 1. The van der Waals surface area contributed by atoms with Crippen LogP contribution in [0.1, 0.15) is 23.9 Å². The number of rotatable bonds is 5. The van der Waals surface area contributed by atoms with Crippen LogP contribution in [0.25, 0.3) is 0 Å². The van der Waals surface area contributed by atoms with E-state index < -0.39 is 5.82 Å². The molecule has 20 heavy (non-hydrogen) atoms. The maximum Gasteiger partial charge on any atom is 0.191 e. The fraction of sp³-hybridized carbons (Fsp3) is 0.308. The van der Waals surface area contributed by atoms with Crippen molar-refractivity contribution in [2.24, 2.45) is 5.73 Å². The van der Waals surface area contributed by atoms with Crippen molar-refractivity contribution in [2.75, 3.05) is 0 Å². The summed E-state index contributed by atoms with van der Waals surface area (Å²) in [7, 11) is 0. The van der Waals surface area contributed by atoms with Gasteiger partial charge in [-0.05, 0) is 18.6 Å². The van der Waals surface area contributed by atoms with Crippen molar-refractivity contribution in [3.63, 3.8) is 0 Å². The number of nitrogens with zero attached hydrogens (tertiary/aromatic N) is 4. The fourth-order valence-electron chi connectivity index (χ4n) is 1.81. The van der Waals surface area contributed by atoms with Crippen molar-refractivity contribution < 1.29 is 4.39 Å². The van der Waals surface area contributed by atoms with Gasteiger partial charge in [0.2, 0.25) is 0 Å². The lowest BCUT2D eigenvalue weighted by molar-refractivity contribution is 0.613. The molecule has 0 aliphatic heterocycles. The molecule has 0 radical (unpaired) electrons. The van der Waals surface area contributed by atoms with Gasteiger partial charge in [0.1, 0.15) is 17.7 Å². The van der Waals surface area contributed by atoms with Crippen LogP contribution in [0, 0.1) is 17.1 Å². The predicted molar refractivity (Wildman–Crippen MR) is 74.3 cm³/mol. The quantitative estimate of drug-likeness (QED) is 0.853. The number of aromatic nitrogens is 3. The Morgan fingerprint density at radius 2 is 2.25 bits per heavy atom. The van der Waals surface area contributed by atoms with Gasteiger partial charge in [-0.15, -0.1) is 10.2 Å². The molecule has 1 aromatic heterocycles. The molecule has 0 atom stereocenters. The van der Waals surface area contributed by atoms with E-state index in [2.05, 4.69) is 10.2 Å². The number of thioether (sulfide) groups is 1. The molecular weight excluding hydrogens is 277 g/mol. The highest BCUT2D eigenvalue weighted by Crippen LogP contribution is 2.24. The number of benzene rings is 1. The summed E-state index contributed by atoms with van der Waals surface area (Å²) in [5.41, 5.74) is 6.12.